The minimum atomic E-state index is -0.406. The van der Waals surface area contributed by atoms with E-state index in [1.54, 1.807) is 20.8 Å². The summed E-state index contributed by atoms with van der Waals surface area (Å²) in [6, 6.07) is -0.250. The van der Waals surface area contributed by atoms with E-state index in [4.69, 9.17) is 9.47 Å². The van der Waals surface area contributed by atoms with Gasteiger partial charge in [-0.25, -0.2) is 4.79 Å². The van der Waals surface area contributed by atoms with Crippen LogP contribution in [0.4, 0.5) is 0 Å². The molecule has 1 aromatic rings. The molecule has 0 saturated carbocycles. The van der Waals surface area contributed by atoms with Gasteiger partial charge in [-0.15, -0.1) is 0 Å². The number of likely N-dealkylation sites (tertiary alicyclic amines) is 1. The van der Waals surface area contributed by atoms with Crippen LogP contribution in [0.2, 0.25) is 0 Å². The maximum atomic E-state index is 13.0. The van der Waals surface area contributed by atoms with Gasteiger partial charge in [0.25, 0.3) is 0 Å². The van der Waals surface area contributed by atoms with Gasteiger partial charge in [-0.05, 0) is 33.3 Å². The number of aromatic amines is 1. The molecule has 7 heteroatoms. The van der Waals surface area contributed by atoms with Crippen LogP contribution in [0.1, 0.15) is 58.8 Å². The number of carbonyl (C=O) groups excluding carboxylic acids is 3. The predicted molar refractivity (Wildman–Crippen MR) is 95.5 cm³/mol. The van der Waals surface area contributed by atoms with Gasteiger partial charge in [-0.3, -0.25) is 9.59 Å². The van der Waals surface area contributed by atoms with Crippen molar-refractivity contribution < 1.29 is 28.8 Å². The summed E-state index contributed by atoms with van der Waals surface area (Å²) in [6.07, 6.45) is 1.44. The standard InChI is InChI=1S/C19H28N2O5/c1-6-26-19(24)15-11(2)16(20-12(15)3)17(22)13(4)21-9-7-14(8-10-21)18(23)25-5/h13-14,20H,6-10H2,1-5H3/p+1/t13-/m0/s1. The van der Waals surface area contributed by atoms with Crippen molar-refractivity contribution in [3.8, 4) is 0 Å². The van der Waals surface area contributed by atoms with Gasteiger partial charge in [-0.2, -0.15) is 0 Å². The van der Waals surface area contributed by atoms with Crippen LogP contribution >= 0.6 is 0 Å². The Kier molecular flexibility index (Phi) is 6.58. The van der Waals surface area contributed by atoms with Crippen molar-refractivity contribution in [2.45, 2.75) is 46.6 Å². The number of nitrogens with one attached hydrogen (secondary N) is 2. The Morgan fingerprint density at radius 3 is 2.38 bits per heavy atom. The summed E-state index contributed by atoms with van der Waals surface area (Å²) in [5.41, 5.74) is 2.21. The lowest BCUT2D eigenvalue weighted by Gasteiger charge is -2.31. The van der Waals surface area contributed by atoms with Gasteiger partial charge in [0, 0.05) is 18.5 Å². The van der Waals surface area contributed by atoms with Gasteiger partial charge in [0.05, 0.1) is 44.0 Å². The highest BCUT2D eigenvalue weighted by molar-refractivity contribution is 6.03. The van der Waals surface area contributed by atoms with Crippen molar-refractivity contribution in [1.29, 1.82) is 0 Å². The smallest absolute Gasteiger partial charge is 0.340 e. The van der Waals surface area contributed by atoms with Crippen LogP contribution in [0.15, 0.2) is 0 Å². The molecule has 0 spiro atoms. The number of aromatic nitrogens is 1. The van der Waals surface area contributed by atoms with E-state index >= 15 is 0 Å². The first-order valence-electron chi connectivity index (χ1n) is 9.14. The topological polar surface area (TPSA) is 89.9 Å². The molecule has 1 aromatic heterocycles. The number of methoxy groups -OCH3 is 1. The fourth-order valence-electron chi connectivity index (χ4n) is 3.73. The third-order valence-electron chi connectivity index (χ3n) is 5.33. The van der Waals surface area contributed by atoms with Crippen LogP contribution < -0.4 is 4.90 Å². The number of esters is 2. The summed E-state index contributed by atoms with van der Waals surface area (Å²) in [5.74, 6) is -0.668. The molecule has 144 valence electrons. The number of hydrogen-bond donors (Lipinski definition) is 2. The number of Topliss-reactive ketones (excluding diaryl/α,β-unsaturated/α-hetero) is 1. The Morgan fingerprint density at radius 2 is 1.85 bits per heavy atom. The van der Waals surface area contributed by atoms with E-state index in [1.165, 1.54) is 7.11 Å². The van der Waals surface area contributed by atoms with Crippen LogP contribution in [0, 0.1) is 19.8 Å². The summed E-state index contributed by atoms with van der Waals surface area (Å²) in [7, 11) is 1.41. The van der Waals surface area contributed by atoms with Crippen LogP contribution in [0.3, 0.4) is 0 Å². The Morgan fingerprint density at radius 1 is 1.23 bits per heavy atom. The number of hydrogen-bond acceptors (Lipinski definition) is 5. The Labute approximate surface area is 154 Å². The van der Waals surface area contributed by atoms with E-state index < -0.39 is 5.97 Å². The molecule has 2 N–H and O–H groups in total. The lowest BCUT2D eigenvalue weighted by Crippen LogP contribution is -3.17. The van der Waals surface area contributed by atoms with Gasteiger partial charge < -0.3 is 19.4 Å². The Bertz CT molecular complexity index is 686. The molecule has 26 heavy (non-hydrogen) atoms. The predicted octanol–water partition coefficient (Wildman–Crippen LogP) is 0.847. The number of rotatable bonds is 6. The van der Waals surface area contributed by atoms with Crippen molar-refractivity contribution in [2.24, 2.45) is 5.92 Å². The molecule has 7 nitrogen and oxygen atoms in total. The third-order valence-corrected chi connectivity index (χ3v) is 5.33. The first-order valence-corrected chi connectivity index (χ1v) is 9.14. The number of carbonyl (C=O) groups is 3. The molecule has 0 unspecified atom stereocenters. The van der Waals surface area contributed by atoms with Gasteiger partial charge in [-0.1, -0.05) is 0 Å². The van der Waals surface area contributed by atoms with E-state index in [-0.39, 0.29) is 23.7 Å². The van der Waals surface area contributed by atoms with Gasteiger partial charge in [0.15, 0.2) is 0 Å². The minimum Gasteiger partial charge on any atom is -0.469 e. The SMILES string of the molecule is CCOC(=O)c1c(C)[nH]c(C(=O)[C@H](C)[NH+]2CCC(C(=O)OC)CC2)c1C. The normalized spacial score (nSPS) is 21.1. The Balaban J connectivity index is 2.11. The lowest BCUT2D eigenvalue weighted by molar-refractivity contribution is -0.919. The molecule has 2 heterocycles. The van der Waals surface area contributed by atoms with Gasteiger partial charge >= 0.3 is 11.9 Å². The second-order valence-corrected chi connectivity index (χ2v) is 6.89. The van der Waals surface area contributed by atoms with Crippen molar-refractivity contribution in [3.63, 3.8) is 0 Å². The maximum Gasteiger partial charge on any atom is 0.340 e. The number of quaternary nitrogens is 1. The number of ketones is 1. The van der Waals surface area contributed by atoms with Crippen LogP contribution in [-0.4, -0.2) is 55.6 Å². The van der Waals surface area contributed by atoms with Crippen molar-refractivity contribution >= 4 is 17.7 Å². The fourth-order valence-corrected chi connectivity index (χ4v) is 3.73. The van der Waals surface area contributed by atoms with E-state index in [1.807, 2.05) is 6.92 Å². The quantitative estimate of drug-likeness (QED) is 0.576. The summed E-state index contributed by atoms with van der Waals surface area (Å²) in [4.78, 5) is 41.0. The molecule has 0 radical (unpaired) electrons. The van der Waals surface area contributed by atoms with Crippen molar-refractivity contribution in [2.75, 3.05) is 26.8 Å². The van der Waals surface area contributed by atoms with Crippen LogP contribution in [0.5, 0.6) is 0 Å². The third kappa shape index (κ3) is 3.98. The number of aryl methyl sites for hydroxylation is 1. The minimum absolute atomic E-state index is 0.0207. The molecule has 0 aliphatic carbocycles. The Hall–Kier alpha value is -2.15. The largest absolute Gasteiger partial charge is 0.469 e. The maximum absolute atomic E-state index is 13.0. The van der Waals surface area contributed by atoms with Gasteiger partial charge in [0.1, 0.15) is 6.04 Å². The van der Waals surface area contributed by atoms with Crippen LogP contribution in [-0.2, 0) is 14.3 Å². The summed E-state index contributed by atoms with van der Waals surface area (Å²) >= 11 is 0. The first kappa shape index (κ1) is 20.2. The average molecular weight is 365 g/mol. The highest BCUT2D eigenvalue weighted by Crippen LogP contribution is 2.20. The number of H-pyrrole nitrogens is 1. The molecular formula is C19H29N2O5+. The number of piperidine rings is 1. The molecular weight excluding hydrogens is 336 g/mol. The summed E-state index contributed by atoms with van der Waals surface area (Å²) in [5, 5.41) is 0. The second kappa shape index (κ2) is 8.49. The number of ether oxygens (including phenoxy) is 2. The van der Waals surface area contributed by atoms with E-state index in [9.17, 15) is 14.4 Å². The second-order valence-electron chi connectivity index (χ2n) is 6.89. The molecule has 1 aliphatic heterocycles. The summed E-state index contributed by atoms with van der Waals surface area (Å²) in [6.45, 7) is 8.98. The highest BCUT2D eigenvalue weighted by Gasteiger charge is 2.35. The zero-order chi connectivity index (χ0) is 19.4. The zero-order valence-electron chi connectivity index (χ0n) is 16.2. The molecule has 1 saturated heterocycles. The average Bonchev–Trinajstić information content (AvgIpc) is 2.94. The monoisotopic (exact) mass is 365 g/mol. The lowest BCUT2D eigenvalue weighted by atomic mass is 9.94. The summed E-state index contributed by atoms with van der Waals surface area (Å²) < 4.78 is 9.90. The molecule has 1 atom stereocenters. The van der Waals surface area contributed by atoms with Crippen molar-refractivity contribution in [3.05, 3.63) is 22.5 Å². The van der Waals surface area contributed by atoms with Crippen LogP contribution in [0.25, 0.3) is 0 Å². The van der Waals surface area contributed by atoms with Crippen molar-refractivity contribution in [1.82, 2.24) is 4.98 Å². The molecule has 1 aliphatic rings. The molecule has 0 aromatic carbocycles. The zero-order valence-corrected chi connectivity index (χ0v) is 16.2. The van der Waals surface area contributed by atoms with Gasteiger partial charge in [0.2, 0.25) is 5.78 Å². The van der Waals surface area contributed by atoms with E-state index in [2.05, 4.69) is 4.98 Å². The molecule has 2 rings (SSSR count). The molecule has 0 amide bonds. The van der Waals surface area contributed by atoms with E-state index in [0.29, 0.717) is 29.1 Å². The first-order chi connectivity index (χ1) is 12.3. The molecule has 1 fully saturated rings. The van der Waals surface area contributed by atoms with E-state index in [0.717, 1.165) is 30.8 Å². The molecule has 0 bridgehead atoms. The fraction of sp³-hybridized carbons (Fsp3) is 0.632. The highest BCUT2D eigenvalue weighted by atomic mass is 16.5.